The SMILES string of the molecule is CCOC(=O)c1nc(SC)sc1-n1cccc1. The molecule has 0 N–H and O–H groups in total. The molecule has 0 saturated heterocycles. The Kier molecular flexibility index (Phi) is 3.86. The molecule has 0 saturated carbocycles. The number of carbonyl (C=O) groups excluding carboxylic acids is 1. The molecule has 2 aromatic heterocycles. The Morgan fingerprint density at radius 1 is 1.53 bits per heavy atom. The Morgan fingerprint density at radius 2 is 2.24 bits per heavy atom. The number of hydrogen-bond acceptors (Lipinski definition) is 5. The molecular weight excluding hydrogens is 256 g/mol. The molecule has 0 bridgehead atoms. The van der Waals surface area contributed by atoms with Crippen LogP contribution >= 0.6 is 23.1 Å². The van der Waals surface area contributed by atoms with Crippen LogP contribution in [0.1, 0.15) is 17.4 Å². The van der Waals surface area contributed by atoms with Crippen molar-refractivity contribution in [3.05, 3.63) is 30.2 Å². The van der Waals surface area contributed by atoms with Crippen molar-refractivity contribution >= 4 is 29.1 Å². The first-order chi connectivity index (χ1) is 8.26. The van der Waals surface area contributed by atoms with Crippen LogP contribution in [0.2, 0.25) is 0 Å². The average Bonchev–Trinajstić information content (AvgIpc) is 2.98. The molecule has 0 fully saturated rings. The van der Waals surface area contributed by atoms with E-state index < -0.39 is 0 Å². The summed E-state index contributed by atoms with van der Waals surface area (Å²) in [5.74, 6) is -0.368. The fourth-order valence-electron chi connectivity index (χ4n) is 1.36. The Balaban J connectivity index is 2.43. The van der Waals surface area contributed by atoms with Crippen LogP contribution in [-0.2, 0) is 4.74 Å². The number of thioether (sulfide) groups is 1. The summed E-state index contributed by atoms with van der Waals surface area (Å²) in [5, 5.41) is 0.804. The predicted octanol–water partition coefficient (Wildman–Crippen LogP) is 2.83. The van der Waals surface area contributed by atoms with Crippen molar-refractivity contribution in [2.24, 2.45) is 0 Å². The number of aromatic nitrogens is 2. The molecule has 6 heteroatoms. The Labute approximate surface area is 108 Å². The molecule has 0 aliphatic heterocycles. The standard InChI is InChI=1S/C11H12N2O2S2/c1-3-15-10(14)8-9(13-6-4-5-7-13)17-11(12-8)16-2/h4-7H,3H2,1-2H3. The number of esters is 1. The van der Waals surface area contributed by atoms with E-state index in [1.807, 2.05) is 35.3 Å². The van der Waals surface area contributed by atoms with E-state index in [1.165, 1.54) is 23.1 Å². The van der Waals surface area contributed by atoms with Crippen molar-refractivity contribution in [2.45, 2.75) is 11.3 Å². The number of ether oxygens (including phenoxy) is 1. The van der Waals surface area contributed by atoms with E-state index in [9.17, 15) is 4.79 Å². The van der Waals surface area contributed by atoms with Crippen LogP contribution < -0.4 is 0 Å². The van der Waals surface area contributed by atoms with Crippen molar-refractivity contribution in [2.75, 3.05) is 12.9 Å². The maximum atomic E-state index is 11.8. The summed E-state index contributed by atoms with van der Waals surface area (Å²) in [6, 6.07) is 3.82. The second-order valence-electron chi connectivity index (χ2n) is 3.15. The van der Waals surface area contributed by atoms with Crippen molar-refractivity contribution in [3.8, 4) is 5.00 Å². The maximum absolute atomic E-state index is 11.8. The molecule has 0 atom stereocenters. The molecule has 0 spiro atoms. The van der Waals surface area contributed by atoms with Crippen LogP contribution in [0, 0.1) is 0 Å². The third-order valence-electron chi connectivity index (χ3n) is 2.07. The van der Waals surface area contributed by atoms with Crippen LogP contribution in [0.25, 0.3) is 5.00 Å². The monoisotopic (exact) mass is 268 g/mol. The van der Waals surface area contributed by atoms with Gasteiger partial charge in [0.15, 0.2) is 10.0 Å². The van der Waals surface area contributed by atoms with Crippen molar-refractivity contribution in [3.63, 3.8) is 0 Å². The zero-order valence-corrected chi connectivity index (χ0v) is 11.2. The summed E-state index contributed by atoms with van der Waals surface area (Å²) in [5.41, 5.74) is 0.386. The lowest BCUT2D eigenvalue weighted by atomic mass is 10.4. The Bertz CT molecular complexity index is 506. The first kappa shape index (κ1) is 12.2. The normalized spacial score (nSPS) is 10.5. The molecule has 2 rings (SSSR count). The fraction of sp³-hybridized carbons (Fsp3) is 0.273. The zero-order chi connectivity index (χ0) is 12.3. The topological polar surface area (TPSA) is 44.1 Å². The van der Waals surface area contributed by atoms with E-state index in [0.29, 0.717) is 12.3 Å². The number of hydrogen-bond donors (Lipinski definition) is 0. The molecule has 0 radical (unpaired) electrons. The quantitative estimate of drug-likeness (QED) is 0.632. The van der Waals surface area contributed by atoms with Gasteiger partial charge < -0.3 is 9.30 Å². The van der Waals surface area contributed by atoms with Crippen LogP contribution in [0.4, 0.5) is 0 Å². The third-order valence-corrected chi connectivity index (χ3v) is 4.13. The van der Waals surface area contributed by atoms with E-state index in [1.54, 1.807) is 6.92 Å². The summed E-state index contributed by atoms with van der Waals surface area (Å²) < 4.78 is 7.74. The highest BCUT2D eigenvalue weighted by molar-refractivity contribution is 8.00. The maximum Gasteiger partial charge on any atom is 0.360 e. The number of carbonyl (C=O) groups is 1. The highest BCUT2D eigenvalue weighted by Crippen LogP contribution is 2.29. The van der Waals surface area contributed by atoms with E-state index in [-0.39, 0.29) is 5.97 Å². The highest BCUT2D eigenvalue weighted by Gasteiger charge is 2.19. The molecule has 0 unspecified atom stereocenters. The highest BCUT2D eigenvalue weighted by atomic mass is 32.2. The van der Waals surface area contributed by atoms with Gasteiger partial charge in [-0.3, -0.25) is 0 Å². The second kappa shape index (κ2) is 5.37. The van der Waals surface area contributed by atoms with E-state index >= 15 is 0 Å². The fourth-order valence-corrected chi connectivity index (χ4v) is 2.87. The van der Waals surface area contributed by atoms with Crippen molar-refractivity contribution in [1.82, 2.24) is 9.55 Å². The molecule has 2 aromatic rings. The molecule has 90 valence electrons. The van der Waals surface area contributed by atoms with Crippen LogP contribution in [0.3, 0.4) is 0 Å². The Hall–Kier alpha value is -1.27. The van der Waals surface area contributed by atoms with E-state index in [0.717, 1.165) is 9.34 Å². The summed E-state index contributed by atoms with van der Waals surface area (Å²) >= 11 is 3.01. The summed E-state index contributed by atoms with van der Waals surface area (Å²) in [7, 11) is 0. The lowest BCUT2D eigenvalue weighted by Gasteiger charge is -2.02. The first-order valence-corrected chi connectivity index (χ1v) is 7.15. The van der Waals surface area contributed by atoms with Crippen molar-refractivity contribution < 1.29 is 9.53 Å². The van der Waals surface area contributed by atoms with E-state index in [2.05, 4.69) is 4.98 Å². The third kappa shape index (κ3) is 2.53. The minimum absolute atomic E-state index is 0.357. The van der Waals surface area contributed by atoms with Gasteiger partial charge in [0.25, 0.3) is 0 Å². The number of thiazole rings is 1. The number of nitrogens with zero attached hydrogens (tertiary/aromatic N) is 2. The van der Waals surface area contributed by atoms with Gasteiger partial charge in [-0.15, -0.1) is 0 Å². The molecule has 0 amide bonds. The second-order valence-corrected chi connectivity index (χ2v) is 5.18. The first-order valence-electron chi connectivity index (χ1n) is 5.11. The largest absolute Gasteiger partial charge is 0.461 e. The average molecular weight is 268 g/mol. The van der Waals surface area contributed by atoms with Gasteiger partial charge in [-0.1, -0.05) is 23.1 Å². The van der Waals surface area contributed by atoms with Gasteiger partial charge in [-0.05, 0) is 25.3 Å². The molecule has 4 nitrogen and oxygen atoms in total. The molecular formula is C11H12N2O2S2. The predicted molar refractivity (Wildman–Crippen MR) is 69.2 cm³/mol. The van der Waals surface area contributed by atoms with Crippen molar-refractivity contribution in [1.29, 1.82) is 0 Å². The van der Waals surface area contributed by atoms with Gasteiger partial charge in [-0.2, -0.15) is 0 Å². The Morgan fingerprint density at radius 3 is 2.82 bits per heavy atom. The molecule has 2 heterocycles. The van der Waals surface area contributed by atoms with Crippen LogP contribution in [-0.4, -0.2) is 28.4 Å². The molecule has 0 aromatic carbocycles. The smallest absolute Gasteiger partial charge is 0.360 e. The minimum Gasteiger partial charge on any atom is -0.461 e. The molecule has 0 aliphatic carbocycles. The molecule has 0 aliphatic rings. The van der Waals surface area contributed by atoms with Gasteiger partial charge in [0.1, 0.15) is 5.00 Å². The summed E-state index contributed by atoms with van der Waals surface area (Å²) in [6.45, 7) is 2.14. The molecule has 17 heavy (non-hydrogen) atoms. The van der Waals surface area contributed by atoms with Gasteiger partial charge >= 0.3 is 5.97 Å². The lowest BCUT2D eigenvalue weighted by Crippen LogP contribution is -2.08. The summed E-state index contributed by atoms with van der Waals surface area (Å²) in [6.07, 6.45) is 5.72. The lowest BCUT2D eigenvalue weighted by molar-refractivity contribution is 0.0520. The zero-order valence-electron chi connectivity index (χ0n) is 9.54. The minimum atomic E-state index is -0.368. The van der Waals surface area contributed by atoms with Gasteiger partial charge in [0.2, 0.25) is 0 Å². The van der Waals surface area contributed by atoms with Crippen LogP contribution in [0.15, 0.2) is 28.9 Å². The van der Waals surface area contributed by atoms with Crippen LogP contribution in [0.5, 0.6) is 0 Å². The van der Waals surface area contributed by atoms with Gasteiger partial charge in [-0.25, -0.2) is 9.78 Å². The van der Waals surface area contributed by atoms with Gasteiger partial charge in [0.05, 0.1) is 6.61 Å². The number of rotatable bonds is 4. The van der Waals surface area contributed by atoms with E-state index in [4.69, 9.17) is 4.74 Å². The van der Waals surface area contributed by atoms with Gasteiger partial charge in [0, 0.05) is 12.4 Å². The summed E-state index contributed by atoms with van der Waals surface area (Å²) in [4.78, 5) is 16.1.